The zero-order chi connectivity index (χ0) is 17.8. The molecule has 7 nitrogen and oxygen atoms in total. The smallest absolute Gasteiger partial charge is 0.257 e. The molecule has 1 atom stereocenters. The number of fused-ring (bicyclic) bond motifs is 1. The fourth-order valence-corrected chi connectivity index (χ4v) is 2.98. The largest absolute Gasteiger partial charge is 0.486 e. The zero-order valence-electron chi connectivity index (χ0n) is 14.4. The minimum absolute atomic E-state index is 0.222. The first-order valence-corrected chi connectivity index (χ1v) is 8.80. The minimum atomic E-state index is -0.222. The number of hydrogen-bond acceptors (Lipinski definition) is 6. The number of nitrogens with zero attached hydrogens (tertiary/aromatic N) is 1. The van der Waals surface area contributed by atoms with Gasteiger partial charge < -0.3 is 24.8 Å². The highest BCUT2D eigenvalue weighted by molar-refractivity contribution is 6.04. The van der Waals surface area contributed by atoms with Gasteiger partial charge in [0, 0.05) is 31.1 Å². The van der Waals surface area contributed by atoms with Gasteiger partial charge in [0.15, 0.2) is 11.5 Å². The van der Waals surface area contributed by atoms with E-state index in [0.717, 1.165) is 31.8 Å². The molecule has 1 aromatic carbocycles. The van der Waals surface area contributed by atoms with Crippen molar-refractivity contribution < 1.29 is 19.0 Å². The monoisotopic (exact) mass is 355 g/mol. The lowest BCUT2D eigenvalue weighted by Gasteiger charge is -2.19. The summed E-state index contributed by atoms with van der Waals surface area (Å²) in [5.41, 5.74) is 1.14. The number of anilines is 2. The van der Waals surface area contributed by atoms with Crippen LogP contribution in [0, 0.1) is 0 Å². The summed E-state index contributed by atoms with van der Waals surface area (Å²) >= 11 is 0. The zero-order valence-corrected chi connectivity index (χ0v) is 14.4. The number of hydrogen-bond donors (Lipinski definition) is 2. The van der Waals surface area contributed by atoms with Gasteiger partial charge in [-0.1, -0.05) is 0 Å². The average molecular weight is 355 g/mol. The Morgan fingerprint density at radius 1 is 1.12 bits per heavy atom. The van der Waals surface area contributed by atoms with Crippen LogP contribution in [0.15, 0.2) is 36.5 Å². The molecule has 1 fully saturated rings. The van der Waals surface area contributed by atoms with Crippen LogP contribution < -0.4 is 20.1 Å². The van der Waals surface area contributed by atoms with Crippen molar-refractivity contribution in [1.29, 1.82) is 0 Å². The number of nitrogens with one attached hydrogen (secondary N) is 2. The summed E-state index contributed by atoms with van der Waals surface area (Å²) in [5.74, 6) is 1.84. The van der Waals surface area contributed by atoms with Crippen LogP contribution in [0.25, 0.3) is 0 Å². The molecule has 0 saturated carbocycles. The molecule has 1 amide bonds. The first kappa shape index (κ1) is 16.7. The molecule has 0 aliphatic carbocycles. The number of benzene rings is 1. The van der Waals surface area contributed by atoms with Gasteiger partial charge in [-0.3, -0.25) is 4.79 Å². The second-order valence-corrected chi connectivity index (χ2v) is 6.26. The van der Waals surface area contributed by atoms with Crippen molar-refractivity contribution in [3.05, 3.63) is 42.1 Å². The van der Waals surface area contributed by atoms with Crippen molar-refractivity contribution >= 4 is 17.4 Å². The lowest BCUT2D eigenvalue weighted by atomic mass is 10.2. The third kappa shape index (κ3) is 3.88. The molecule has 2 aromatic rings. The maximum absolute atomic E-state index is 12.4. The molecule has 2 aliphatic rings. The molecule has 1 aromatic heterocycles. The Morgan fingerprint density at radius 3 is 2.77 bits per heavy atom. The van der Waals surface area contributed by atoms with Crippen molar-refractivity contribution in [2.45, 2.75) is 18.9 Å². The fraction of sp³-hybridized carbons (Fsp3) is 0.368. The van der Waals surface area contributed by atoms with Crippen molar-refractivity contribution in [2.24, 2.45) is 0 Å². The number of carbonyl (C=O) groups excluding carboxylic acids is 1. The van der Waals surface area contributed by atoms with Gasteiger partial charge in [0.1, 0.15) is 19.0 Å². The SMILES string of the molecule is O=C(Nc1ccc2c(c1)OCCO2)c1ccc(NCC2CCCO2)nc1. The second-order valence-electron chi connectivity index (χ2n) is 6.26. The molecule has 3 heterocycles. The lowest BCUT2D eigenvalue weighted by Crippen LogP contribution is -2.19. The molecule has 4 rings (SSSR count). The van der Waals surface area contributed by atoms with Crippen LogP contribution in [0.2, 0.25) is 0 Å². The predicted molar refractivity (Wildman–Crippen MR) is 97.1 cm³/mol. The van der Waals surface area contributed by atoms with Gasteiger partial charge in [-0.2, -0.15) is 0 Å². The van der Waals surface area contributed by atoms with Crippen LogP contribution in [0.4, 0.5) is 11.5 Å². The van der Waals surface area contributed by atoms with Crippen molar-refractivity contribution in [1.82, 2.24) is 4.98 Å². The molecule has 0 bridgehead atoms. The van der Waals surface area contributed by atoms with Crippen molar-refractivity contribution in [3.8, 4) is 11.5 Å². The van der Waals surface area contributed by atoms with Crippen molar-refractivity contribution in [3.63, 3.8) is 0 Å². The van der Waals surface area contributed by atoms with E-state index in [1.165, 1.54) is 0 Å². The summed E-state index contributed by atoms with van der Waals surface area (Å²) in [6.07, 6.45) is 3.99. The normalized spacial score (nSPS) is 18.4. The highest BCUT2D eigenvalue weighted by Gasteiger charge is 2.16. The first-order valence-electron chi connectivity index (χ1n) is 8.80. The Bertz CT molecular complexity index is 773. The third-order valence-electron chi connectivity index (χ3n) is 4.36. The standard InChI is InChI=1S/C19H21N3O4/c23-19(22-14-4-5-16-17(10-14)26-9-8-25-16)13-3-6-18(20-11-13)21-12-15-2-1-7-24-15/h3-6,10-11,15H,1-2,7-9,12H2,(H,20,21)(H,22,23). The predicted octanol–water partition coefficient (Wildman–Crippen LogP) is 2.70. The summed E-state index contributed by atoms with van der Waals surface area (Å²) in [6.45, 7) is 2.61. The summed E-state index contributed by atoms with van der Waals surface area (Å²) < 4.78 is 16.6. The third-order valence-corrected chi connectivity index (χ3v) is 4.36. The summed E-state index contributed by atoms with van der Waals surface area (Å²) in [4.78, 5) is 16.7. The van der Waals surface area contributed by atoms with E-state index in [4.69, 9.17) is 14.2 Å². The molecule has 7 heteroatoms. The highest BCUT2D eigenvalue weighted by atomic mass is 16.6. The van der Waals surface area contributed by atoms with E-state index >= 15 is 0 Å². The Kier molecular flexibility index (Phi) is 4.88. The number of rotatable bonds is 5. The molecule has 2 N–H and O–H groups in total. The fourth-order valence-electron chi connectivity index (χ4n) is 2.98. The number of ether oxygens (including phenoxy) is 3. The van der Waals surface area contributed by atoms with Gasteiger partial charge in [-0.05, 0) is 37.1 Å². The van der Waals surface area contributed by atoms with Gasteiger partial charge >= 0.3 is 0 Å². The summed E-state index contributed by atoms with van der Waals surface area (Å²) in [5, 5.41) is 6.09. The summed E-state index contributed by atoms with van der Waals surface area (Å²) in [6, 6.07) is 8.89. The van der Waals surface area contributed by atoms with E-state index in [2.05, 4.69) is 15.6 Å². The Hall–Kier alpha value is -2.80. The lowest BCUT2D eigenvalue weighted by molar-refractivity contribution is 0.102. The van der Waals surface area contributed by atoms with Gasteiger partial charge in [0.25, 0.3) is 5.91 Å². The van der Waals surface area contributed by atoms with Crippen LogP contribution in [0.1, 0.15) is 23.2 Å². The van der Waals surface area contributed by atoms with Crippen LogP contribution in [-0.2, 0) is 4.74 Å². The Balaban J connectivity index is 1.35. The molecule has 26 heavy (non-hydrogen) atoms. The van der Waals surface area contributed by atoms with Crippen LogP contribution >= 0.6 is 0 Å². The van der Waals surface area contributed by atoms with Crippen LogP contribution in [0.5, 0.6) is 11.5 Å². The van der Waals surface area contributed by atoms with E-state index < -0.39 is 0 Å². The number of pyridine rings is 1. The number of aromatic nitrogens is 1. The summed E-state index contributed by atoms with van der Waals surface area (Å²) in [7, 11) is 0. The highest BCUT2D eigenvalue weighted by Crippen LogP contribution is 2.32. The molecule has 2 aliphatic heterocycles. The minimum Gasteiger partial charge on any atom is -0.486 e. The second kappa shape index (κ2) is 7.61. The Labute approximate surface area is 151 Å². The molecular formula is C19H21N3O4. The van der Waals surface area contributed by atoms with E-state index in [1.54, 1.807) is 36.5 Å². The molecule has 136 valence electrons. The number of amides is 1. The topological polar surface area (TPSA) is 81.7 Å². The van der Waals surface area contributed by atoms with E-state index in [0.29, 0.717) is 36.0 Å². The number of carbonyl (C=O) groups is 1. The van der Waals surface area contributed by atoms with Gasteiger partial charge in [-0.15, -0.1) is 0 Å². The van der Waals surface area contributed by atoms with Crippen LogP contribution in [-0.4, -0.2) is 43.4 Å². The van der Waals surface area contributed by atoms with E-state index in [-0.39, 0.29) is 12.0 Å². The molecule has 0 spiro atoms. The maximum atomic E-state index is 12.4. The Morgan fingerprint density at radius 2 is 2.00 bits per heavy atom. The molecular weight excluding hydrogens is 334 g/mol. The quantitative estimate of drug-likeness (QED) is 0.858. The van der Waals surface area contributed by atoms with Crippen LogP contribution in [0.3, 0.4) is 0 Å². The maximum Gasteiger partial charge on any atom is 0.257 e. The average Bonchev–Trinajstić information content (AvgIpc) is 3.20. The van der Waals surface area contributed by atoms with Gasteiger partial charge in [0.05, 0.1) is 11.7 Å². The molecule has 1 saturated heterocycles. The van der Waals surface area contributed by atoms with Crippen molar-refractivity contribution in [2.75, 3.05) is 37.0 Å². The van der Waals surface area contributed by atoms with Gasteiger partial charge in [-0.25, -0.2) is 4.98 Å². The van der Waals surface area contributed by atoms with Gasteiger partial charge in [0.2, 0.25) is 0 Å². The van der Waals surface area contributed by atoms with E-state index in [9.17, 15) is 4.79 Å². The molecule has 0 radical (unpaired) electrons. The first-order chi connectivity index (χ1) is 12.8. The van der Waals surface area contributed by atoms with E-state index in [1.807, 2.05) is 0 Å². The molecule has 1 unspecified atom stereocenters.